The molecule has 0 radical (unpaired) electrons. The van der Waals surface area contributed by atoms with Crippen LogP contribution in [0, 0.1) is 6.92 Å². The van der Waals surface area contributed by atoms with Crippen molar-refractivity contribution in [2.24, 2.45) is 0 Å². The number of methoxy groups -OCH3 is 1. The van der Waals surface area contributed by atoms with E-state index < -0.39 is 10.0 Å². The summed E-state index contributed by atoms with van der Waals surface area (Å²) in [6.45, 7) is 2.40. The van der Waals surface area contributed by atoms with Crippen LogP contribution in [0.15, 0.2) is 34.7 Å². The average molecular weight is 352 g/mol. The summed E-state index contributed by atoms with van der Waals surface area (Å²) in [5, 5.41) is 2.75. The summed E-state index contributed by atoms with van der Waals surface area (Å²) in [5.74, 6) is 0.388. The quantitative estimate of drug-likeness (QED) is 0.846. The van der Waals surface area contributed by atoms with Crippen LogP contribution in [-0.4, -0.2) is 31.4 Å². The maximum absolute atomic E-state index is 13.2. The highest BCUT2D eigenvalue weighted by atomic mass is 32.2. The molecule has 1 aromatic carbocycles. The van der Waals surface area contributed by atoms with Crippen molar-refractivity contribution >= 4 is 21.4 Å². The summed E-state index contributed by atoms with van der Waals surface area (Å²) in [4.78, 5) is 4.58. The van der Waals surface area contributed by atoms with Crippen molar-refractivity contribution in [3.05, 3.63) is 40.3 Å². The van der Waals surface area contributed by atoms with E-state index in [9.17, 15) is 8.42 Å². The molecule has 3 rings (SSSR count). The minimum Gasteiger partial charge on any atom is -0.495 e. The van der Waals surface area contributed by atoms with E-state index in [-0.39, 0.29) is 10.9 Å². The molecule has 5 nitrogen and oxygen atoms in total. The number of hydrogen-bond donors (Lipinski definition) is 0. The monoisotopic (exact) mass is 352 g/mol. The molecule has 124 valence electrons. The van der Waals surface area contributed by atoms with E-state index in [1.165, 1.54) is 18.4 Å². The van der Waals surface area contributed by atoms with Crippen LogP contribution in [0.5, 0.6) is 5.75 Å². The highest BCUT2D eigenvalue weighted by Gasteiger charge is 2.37. The van der Waals surface area contributed by atoms with Gasteiger partial charge in [-0.05, 0) is 37.5 Å². The molecule has 1 aliphatic rings. The Balaban J connectivity index is 2.05. The predicted molar refractivity (Wildman–Crippen MR) is 90.3 cm³/mol. The number of nitrogens with zero attached hydrogens (tertiary/aromatic N) is 2. The molecule has 2 heterocycles. The third kappa shape index (κ3) is 3.13. The first-order valence-corrected chi connectivity index (χ1v) is 9.92. The number of ether oxygens (including phenoxy) is 1. The third-order valence-corrected chi connectivity index (χ3v) is 6.90. The number of aryl methyl sites for hydroxylation is 1. The Morgan fingerprint density at radius 3 is 2.87 bits per heavy atom. The van der Waals surface area contributed by atoms with Gasteiger partial charge in [0, 0.05) is 18.1 Å². The van der Waals surface area contributed by atoms with Crippen molar-refractivity contribution in [1.29, 1.82) is 0 Å². The van der Waals surface area contributed by atoms with Crippen LogP contribution in [0.3, 0.4) is 0 Å². The zero-order valence-electron chi connectivity index (χ0n) is 13.2. The number of benzene rings is 1. The molecule has 7 heteroatoms. The Kier molecular flexibility index (Phi) is 4.70. The van der Waals surface area contributed by atoms with Crippen LogP contribution in [-0.2, 0) is 10.0 Å². The van der Waals surface area contributed by atoms with Gasteiger partial charge in [0.05, 0.1) is 13.2 Å². The molecule has 2 aromatic rings. The summed E-state index contributed by atoms with van der Waals surface area (Å²) in [6, 6.07) is 5.07. The molecular weight excluding hydrogens is 332 g/mol. The Morgan fingerprint density at radius 2 is 2.17 bits per heavy atom. The molecule has 1 aliphatic heterocycles. The number of aromatic nitrogens is 1. The Morgan fingerprint density at radius 1 is 1.35 bits per heavy atom. The van der Waals surface area contributed by atoms with Crippen molar-refractivity contribution in [1.82, 2.24) is 9.29 Å². The maximum atomic E-state index is 13.2. The fourth-order valence-corrected chi connectivity index (χ4v) is 5.70. The highest BCUT2D eigenvalue weighted by molar-refractivity contribution is 7.89. The maximum Gasteiger partial charge on any atom is 0.247 e. The van der Waals surface area contributed by atoms with Gasteiger partial charge < -0.3 is 4.74 Å². The van der Waals surface area contributed by atoms with Gasteiger partial charge in [-0.25, -0.2) is 13.4 Å². The molecule has 1 aromatic heterocycles. The minimum atomic E-state index is -3.63. The van der Waals surface area contributed by atoms with Gasteiger partial charge in [0.15, 0.2) is 0 Å². The zero-order chi connectivity index (χ0) is 16.4. The van der Waals surface area contributed by atoms with Crippen LogP contribution in [0.25, 0.3) is 0 Å². The number of thiazole rings is 1. The first-order valence-electron chi connectivity index (χ1n) is 7.60. The van der Waals surface area contributed by atoms with Crippen molar-refractivity contribution in [2.75, 3.05) is 13.7 Å². The van der Waals surface area contributed by atoms with Gasteiger partial charge in [-0.15, -0.1) is 11.3 Å². The predicted octanol–water partition coefficient (Wildman–Crippen LogP) is 3.38. The van der Waals surface area contributed by atoms with Gasteiger partial charge in [-0.3, -0.25) is 0 Å². The van der Waals surface area contributed by atoms with E-state index >= 15 is 0 Å². The molecule has 0 N–H and O–H groups in total. The van der Waals surface area contributed by atoms with Crippen molar-refractivity contribution in [3.63, 3.8) is 0 Å². The lowest BCUT2D eigenvalue weighted by Crippen LogP contribution is -2.38. The topological polar surface area (TPSA) is 59.5 Å². The second-order valence-corrected chi connectivity index (χ2v) is 8.44. The third-order valence-electron chi connectivity index (χ3n) is 4.10. The normalized spacial score (nSPS) is 19.7. The van der Waals surface area contributed by atoms with Gasteiger partial charge in [-0.1, -0.05) is 12.5 Å². The summed E-state index contributed by atoms with van der Waals surface area (Å²) in [7, 11) is -2.13. The van der Waals surface area contributed by atoms with Crippen molar-refractivity contribution in [3.8, 4) is 5.75 Å². The van der Waals surface area contributed by atoms with Crippen LogP contribution in [0.2, 0.25) is 0 Å². The molecule has 0 bridgehead atoms. The first kappa shape index (κ1) is 16.4. The first-order chi connectivity index (χ1) is 11.0. The number of rotatable bonds is 4. The Hall–Kier alpha value is -1.44. The molecule has 0 spiro atoms. The summed E-state index contributed by atoms with van der Waals surface area (Å²) in [5.41, 5.74) is 0.896. The Bertz CT molecular complexity index is 773. The fourth-order valence-electron chi connectivity index (χ4n) is 2.95. The SMILES string of the molecule is COc1ccc(C)cc1S(=O)(=O)N1CCCCC1c1nccs1. The molecule has 23 heavy (non-hydrogen) atoms. The van der Waals surface area contributed by atoms with Gasteiger partial charge in [0.1, 0.15) is 15.7 Å². The van der Waals surface area contributed by atoms with Gasteiger partial charge in [0.25, 0.3) is 0 Å². The molecule has 1 fully saturated rings. The molecule has 1 atom stereocenters. The van der Waals surface area contributed by atoms with Gasteiger partial charge in [0.2, 0.25) is 10.0 Å². The lowest BCUT2D eigenvalue weighted by Gasteiger charge is -2.33. The van der Waals surface area contributed by atoms with Gasteiger partial charge >= 0.3 is 0 Å². The lowest BCUT2D eigenvalue weighted by atomic mass is 10.1. The van der Waals surface area contributed by atoms with Crippen molar-refractivity contribution in [2.45, 2.75) is 37.1 Å². The average Bonchev–Trinajstić information content (AvgIpc) is 3.09. The minimum absolute atomic E-state index is 0.182. The van der Waals surface area contributed by atoms with E-state index in [0.29, 0.717) is 12.3 Å². The molecule has 0 aliphatic carbocycles. The van der Waals surface area contributed by atoms with E-state index in [1.807, 2.05) is 18.4 Å². The van der Waals surface area contributed by atoms with Crippen LogP contribution in [0.1, 0.15) is 35.9 Å². The van der Waals surface area contributed by atoms with Crippen LogP contribution < -0.4 is 4.74 Å². The highest BCUT2D eigenvalue weighted by Crippen LogP contribution is 2.38. The second kappa shape index (κ2) is 6.59. The van der Waals surface area contributed by atoms with E-state index in [2.05, 4.69) is 4.98 Å². The molecule has 1 unspecified atom stereocenters. The zero-order valence-corrected chi connectivity index (χ0v) is 14.9. The molecular formula is C16H20N2O3S2. The molecule has 0 saturated carbocycles. The smallest absolute Gasteiger partial charge is 0.247 e. The largest absolute Gasteiger partial charge is 0.495 e. The second-order valence-electron chi connectivity index (χ2n) is 5.65. The van der Waals surface area contributed by atoms with Crippen LogP contribution >= 0.6 is 11.3 Å². The van der Waals surface area contributed by atoms with Gasteiger partial charge in [-0.2, -0.15) is 4.31 Å². The Labute approximate surface area is 141 Å². The van der Waals surface area contributed by atoms with E-state index in [1.54, 1.807) is 22.6 Å². The van der Waals surface area contributed by atoms with Crippen molar-refractivity contribution < 1.29 is 13.2 Å². The lowest BCUT2D eigenvalue weighted by molar-refractivity contribution is 0.254. The molecule has 0 amide bonds. The number of piperidine rings is 1. The molecule has 1 saturated heterocycles. The number of hydrogen-bond acceptors (Lipinski definition) is 5. The van der Waals surface area contributed by atoms with Crippen LogP contribution in [0.4, 0.5) is 0 Å². The summed E-state index contributed by atoms with van der Waals surface area (Å²) >= 11 is 1.51. The standard InChI is InChI=1S/C16H20N2O3S2/c1-12-6-7-14(21-2)15(11-12)23(19,20)18-9-4-3-5-13(18)16-17-8-10-22-16/h6-8,10-11,13H,3-5,9H2,1-2H3. The summed E-state index contributed by atoms with van der Waals surface area (Å²) in [6.07, 6.45) is 4.42. The summed E-state index contributed by atoms with van der Waals surface area (Å²) < 4.78 is 33.4. The number of sulfonamides is 1. The van der Waals surface area contributed by atoms with E-state index in [4.69, 9.17) is 4.74 Å². The fraction of sp³-hybridized carbons (Fsp3) is 0.438. The van der Waals surface area contributed by atoms with E-state index in [0.717, 1.165) is 29.8 Å².